The number of benzene rings is 1. The third kappa shape index (κ3) is 5.58. The van der Waals surface area contributed by atoms with Gasteiger partial charge in [0.15, 0.2) is 11.6 Å². The summed E-state index contributed by atoms with van der Waals surface area (Å²) in [6, 6.07) is 5.00. The number of para-hydroxylation sites is 1. The first-order valence-corrected chi connectivity index (χ1v) is 7.66. The van der Waals surface area contributed by atoms with Crippen LogP contribution in [0.15, 0.2) is 18.2 Å². The van der Waals surface area contributed by atoms with Crippen LogP contribution in [-0.4, -0.2) is 36.2 Å². The van der Waals surface area contributed by atoms with E-state index in [0.717, 1.165) is 44.6 Å². The molecule has 0 aromatic heterocycles. The highest BCUT2D eigenvalue weighted by molar-refractivity contribution is 5.85. The number of rotatable bonds is 6. The summed E-state index contributed by atoms with van der Waals surface area (Å²) < 4.78 is 13.6. The second-order valence-corrected chi connectivity index (χ2v) is 5.48. The molecule has 22 heavy (non-hydrogen) atoms. The number of phenols is 1. The molecule has 1 saturated heterocycles. The molecule has 1 heterocycles. The van der Waals surface area contributed by atoms with E-state index in [1.54, 1.807) is 6.07 Å². The number of nitrogens with zero attached hydrogens (tertiary/aromatic N) is 1. The zero-order chi connectivity index (χ0) is 14.4. The molecule has 0 saturated carbocycles. The molecule has 0 spiro atoms. The highest BCUT2D eigenvalue weighted by Gasteiger charge is 2.25. The minimum absolute atomic E-state index is 0. The maximum atomic E-state index is 13.6. The number of piperazine rings is 1. The van der Waals surface area contributed by atoms with Crippen LogP contribution in [-0.2, 0) is 0 Å². The number of hydrogen-bond donors (Lipinski definition) is 2. The van der Waals surface area contributed by atoms with Crippen molar-refractivity contribution in [3.63, 3.8) is 0 Å². The molecule has 0 radical (unpaired) electrons. The van der Waals surface area contributed by atoms with Crippen LogP contribution >= 0.6 is 24.8 Å². The van der Waals surface area contributed by atoms with E-state index in [2.05, 4.69) is 17.1 Å². The van der Waals surface area contributed by atoms with E-state index in [-0.39, 0.29) is 36.6 Å². The Kier molecular flexibility index (Phi) is 10.8. The van der Waals surface area contributed by atoms with Gasteiger partial charge in [0.2, 0.25) is 0 Å². The molecule has 1 aromatic carbocycles. The minimum atomic E-state index is -0.516. The third-order valence-corrected chi connectivity index (χ3v) is 4.05. The number of aromatic hydroxyl groups is 1. The molecule has 0 unspecified atom stereocenters. The van der Waals surface area contributed by atoms with Gasteiger partial charge >= 0.3 is 0 Å². The summed E-state index contributed by atoms with van der Waals surface area (Å²) in [6.07, 6.45) is 4.44. The lowest BCUT2D eigenvalue weighted by molar-refractivity contribution is 0.159. The van der Waals surface area contributed by atoms with Crippen LogP contribution in [0.1, 0.15) is 44.2 Å². The van der Waals surface area contributed by atoms with E-state index in [0.29, 0.717) is 0 Å². The standard InChI is InChI=1S/C16H25FN2O.2ClH/c1-2-3-4-8-15(19-11-9-18-10-12-19)13-6-5-7-14(17)16(13)20;;/h5-7,15,18,20H,2-4,8-12H2,1H3;2*1H/t15-;;/m1../s1. The fraction of sp³-hybridized carbons (Fsp3) is 0.625. The third-order valence-electron chi connectivity index (χ3n) is 4.05. The van der Waals surface area contributed by atoms with Crippen LogP contribution in [0.2, 0.25) is 0 Å². The van der Waals surface area contributed by atoms with E-state index in [9.17, 15) is 9.50 Å². The Bertz CT molecular complexity index is 429. The molecule has 1 fully saturated rings. The molecule has 128 valence electrons. The van der Waals surface area contributed by atoms with Gasteiger partial charge in [-0.3, -0.25) is 4.90 Å². The first-order valence-electron chi connectivity index (χ1n) is 7.66. The van der Waals surface area contributed by atoms with Crippen molar-refractivity contribution in [2.75, 3.05) is 26.2 Å². The largest absolute Gasteiger partial charge is 0.505 e. The molecule has 1 aliphatic heterocycles. The van der Waals surface area contributed by atoms with Gasteiger partial charge in [0.1, 0.15) is 0 Å². The van der Waals surface area contributed by atoms with Gasteiger partial charge in [-0.15, -0.1) is 24.8 Å². The topological polar surface area (TPSA) is 35.5 Å². The van der Waals surface area contributed by atoms with Crippen LogP contribution in [0.4, 0.5) is 4.39 Å². The van der Waals surface area contributed by atoms with Crippen molar-refractivity contribution < 1.29 is 9.50 Å². The lowest BCUT2D eigenvalue weighted by Gasteiger charge is -2.35. The zero-order valence-electron chi connectivity index (χ0n) is 13.1. The second-order valence-electron chi connectivity index (χ2n) is 5.48. The first kappa shape index (κ1) is 21.4. The quantitative estimate of drug-likeness (QED) is 0.762. The van der Waals surface area contributed by atoms with E-state index in [1.165, 1.54) is 18.9 Å². The molecule has 6 heteroatoms. The van der Waals surface area contributed by atoms with Gasteiger partial charge in [0.25, 0.3) is 0 Å². The summed E-state index contributed by atoms with van der Waals surface area (Å²) in [5, 5.41) is 13.4. The molecule has 0 bridgehead atoms. The SMILES string of the molecule is CCCCC[C@H](c1cccc(F)c1O)N1CCNCC1.Cl.Cl. The fourth-order valence-corrected chi connectivity index (χ4v) is 2.92. The van der Waals surface area contributed by atoms with Gasteiger partial charge < -0.3 is 10.4 Å². The number of nitrogens with one attached hydrogen (secondary N) is 1. The van der Waals surface area contributed by atoms with E-state index in [4.69, 9.17) is 0 Å². The summed E-state index contributed by atoms with van der Waals surface area (Å²) in [6.45, 7) is 6.00. The predicted octanol–water partition coefficient (Wildman–Crippen LogP) is 3.90. The van der Waals surface area contributed by atoms with E-state index < -0.39 is 5.82 Å². The van der Waals surface area contributed by atoms with Crippen LogP contribution in [0.25, 0.3) is 0 Å². The highest BCUT2D eigenvalue weighted by Crippen LogP contribution is 2.34. The van der Waals surface area contributed by atoms with Crippen molar-refractivity contribution in [3.8, 4) is 5.75 Å². The van der Waals surface area contributed by atoms with E-state index >= 15 is 0 Å². The normalized spacial score (nSPS) is 16.5. The average Bonchev–Trinajstić information content (AvgIpc) is 2.48. The molecule has 0 amide bonds. The number of phenolic OH excluding ortho intramolecular Hbond substituents is 1. The highest BCUT2D eigenvalue weighted by atomic mass is 35.5. The van der Waals surface area contributed by atoms with Crippen LogP contribution in [0.5, 0.6) is 5.75 Å². The Morgan fingerprint density at radius 3 is 2.55 bits per heavy atom. The van der Waals surface area contributed by atoms with Crippen molar-refractivity contribution in [2.24, 2.45) is 0 Å². The predicted molar refractivity (Wildman–Crippen MR) is 93.9 cm³/mol. The van der Waals surface area contributed by atoms with Crippen molar-refractivity contribution in [3.05, 3.63) is 29.6 Å². The molecule has 1 aliphatic rings. The van der Waals surface area contributed by atoms with Gasteiger partial charge in [-0.25, -0.2) is 4.39 Å². The molecule has 2 rings (SSSR count). The van der Waals surface area contributed by atoms with Gasteiger partial charge in [-0.2, -0.15) is 0 Å². The maximum absolute atomic E-state index is 13.6. The summed E-state index contributed by atoms with van der Waals surface area (Å²) in [4.78, 5) is 2.36. The summed E-state index contributed by atoms with van der Waals surface area (Å²) in [7, 11) is 0. The van der Waals surface area contributed by atoms with Gasteiger partial charge in [-0.1, -0.05) is 38.3 Å². The Labute approximate surface area is 145 Å². The smallest absolute Gasteiger partial charge is 0.165 e. The van der Waals surface area contributed by atoms with Crippen LogP contribution in [0.3, 0.4) is 0 Å². The monoisotopic (exact) mass is 352 g/mol. The van der Waals surface area contributed by atoms with Crippen molar-refractivity contribution >= 4 is 24.8 Å². The lowest BCUT2D eigenvalue weighted by atomic mass is 9.97. The van der Waals surface area contributed by atoms with Crippen molar-refractivity contribution in [2.45, 2.75) is 38.6 Å². The Morgan fingerprint density at radius 2 is 1.91 bits per heavy atom. The summed E-state index contributed by atoms with van der Waals surface area (Å²) in [5.74, 6) is -0.689. The van der Waals surface area contributed by atoms with Crippen LogP contribution in [0, 0.1) is 5.82 Å². The van der Waals surface area contributed by atoms with Gasteiger partial charge in [0.05, 0.1) is 0 Å². The molecule has 2 N–H and O–H groups in total. The van der Waals surface area contributed by atoms with Crippen molar-refractivity contribution in [1.29, 1.82) is 0 Å². The zero-order valence-corrected chi connectivity index (χ0v) is 14.7. The number of halogens is 3. The average molecular weight is 353 g/mol. The Hall–Kier alpha value is -0.550. The number of unbranched alkanes of at least 4 members (excludes halogenated alkanes) is 2. The van der Waals surface area contributed by atoms with Crippen LogP contribution < -0.4 is 5.32 Å². The minimum Gasteiger partial charge on any atom is -0.505 e. The van der Waals surface area contributed by atoms with Gasteiger partial charge in [0, 0.05) is 37.8 Å². The molecular formula is C16H27Cl2FN2O. The summed E-state index contributed by atoms with van der Waals surface area (Å²) >= 11 is 0. The fourth-order valence-electron chi connectivity index (χ4n) is 2.92. The molecule has 0 aliphatic carbocycles. The Morgan fingerprint density at radius 1 is 1.23 bits per heavy atom. The molecule has 1 atom stereocenters. The number of hydrogen-bond acceptors (Lipinski definition) is 3. The maximum Gasteiger partial charge on any atom is 0.165 e. The van der Waals surface area contributed by atoms with Gasteiger partial charge in [-0.05, 0) is 12.5 Å². The molecule has 1 aromatic rings. The first-order chi connectivity index (χ1) is 9.74. The summed E-state index contributed by atoms with van der Waals surface area (Å²) in [5.41, 5.74) is 0.739. The lowest BCUT2D eigenvalue weighted by Crippen LogP contribution is -2.45. The van der Waals surface area contributed by atoms with E-state index in [1.807, 2.05) is 6.07 Å². The molecular weight excluding hydrogens is 326 g/mol. The molecule has 3 nitrogen and oxygen atoms in total. The second kappa shape index (κ2) is 11.1. The Balaban J connectivity index is 0.00000220. The van der Waals surface area contributed by atoms with Crippen molar-refractivity contribution in [1.82, 2.24) is 10.2 Å².